The average molecular weight is 422 g/mol. The molecule has 0 unspecified atom stereocenters. The van der Waals surface area contributed by atoms with E-state index in [1.165, 1.54) is 6.07 Å². The largest absolute Gasteiger partial charge is 0.507 e. The first-order chi connectivity index (χ1) is 14.4. The van der Waals surface area contributed by atoms with Gasteiger partial charge < -0.3 is 9.84 Å². The van der Waals surface area contributed by atoms with Crippen LogP contribution in [0.3, 0.4) is 0 Å². The third kappa shape index (κ3) is 5.23. The van der Waals surface area contributed by atoms with Gasteiger partial charge in [-0.15, -0.1) is 0 Å². The van der Waals surface area contributed by atoms with E-state index in [1.807, 2.05) is 12.1 Å². The normalized spacial score (nSPS) is 10.9. The van der Waals surface area contributed by atoms with Gasteiger partial charge >= 0.3 is 5.97 Å². The molecule has 0 aliphatic rings. The van der Waals surface area contributed by atoms with Gasteiger partial charge in [0.05, 0.1) is 16.5 Å². The molecule has 7 nitrogen and oxygen atoms in total. The molecule has 0 bridgehead atoms. The smallest absolute Gasteiger partial charge is 0.342 e. The molecular weight excluding hydrogens is 404 g/mol. The number of phenols is 1. The Bertz CT molecular complexity index is 1180. The van der Waals surface area contributed by atoms with E-state index in [2.05, 4.69) is 4.72 Å². The Kier molecular flexibility index (Phi) is 6.47. The molecule has 152 valence electrons. The van der Waals surface area contributed by atoms with Crippen LogP contribution < -0.4 is 4.72 Å². The number of hydrogen-bond donors (Lipinski definition) is 2. The standard InChI is InChI=1S/C22H18N2O5S/c23-13-16-6-8-18(9-7-16)15-29-22(26)20-12-19(10-11-21(20)25)30(27,28)24-14-17-4-2-1-3-5-17/h1-12,24-25H,14-15H2. The summed E-state index contributed by atoms with van der Waals surface area (Å²) in [7, 11) is -3.91. The third-order valence-electron chi connectivity index (χ3n) is 4.26. The molecule has 0 aliphatic carbocycles. The maximum Gasteiger partial charge on any atom is 0.342 e. The maximum absolute atomic E-state index is 12.6. The lowest BCUT2D eigenvalue weighted by Gasteiger charge is -2.10. The Hall–Kier alpha value is -3.67. The van der Waals surface area contributed by atoms with Crippen LogP contribution in [0.2, 0.25) is 0 Å². The molecule has 3 aromatic rings. The Balaban J connectivity index is 1.71. The number of carbonyl (C=O) groups excluding carboxylic acids is 1. The van der Waals surface area contributed by atoms with Crippen molar-refractivity contribution in [1.82, 2.24) is 4.72 Å². The zero-order valence-electron chi connectivity index (χ0n) is 15.8. The van der Waals surface area contributed by atoms with Crippen molar-refractivity contribution in [2.45, 2.75) is 18.0 Å². The van der Waals surface area contributed by atoms with Crippen molar-refractivity contribution in [2.24, 2.45) is 0 Å². The van der Waals surface area contributed by atoms with Crippen molar-refractivity contribution in [2.75, 3.05) is 0 Å². The van der Waals surface area contributed by atoms with Crippen molar-refractivity contribution >= 4 is 16.0 Å². The van der Waals surface area contributed by atoms with Crippen molar-refractivity contribution in [3.05, 3.63) is 95.1 Å². The van der Waals surface area contributed by atoms with E-state index in [-0.39, 0.29) is 29.4 Å². The molecule has 30 heavy (non-hydrogen) atoms. The van der Waals surface area contributed by atoms with Crippen LogP contribution in [0.25, 0.3) is 0 Å². The molecule has 0 aliphatic heterocycles. The van der Waals surface area contributed by atoms with Crippen LogP contribution in [0.15, 0.2) is 77.7 Å². The summed E-state index contributed by atoms with van der Waals surface area (Å²) in [4.78, 5) is 12.2. The summed E-state index contributed by atoms with van der Waals surface area (Å²) in [5.41, 5.74) is 1.65. The van der Waals surface area contributed by atoms with Crippen LogP contribution in [0.5, 0.6) is 5.75 Å². The quantitative estimate of drug-likeness (QED) is 0.565. The fraction of sp³-hybridized carbons (Fsp3) is 0.0909. The Morgan fingerprint density at radius 3 is 2.37 bits per heavy atom. The minimum atomic E-state index is -3.91. The SMILES string of the molecule is N#Cc1ccc(COC(=O)c2cc(S(=O)(=O)NCc3ccccc3)ccc2O)cc1. The van der Waals surface area contributed by atoms with E-state index in [0.29, 0.717) is 11.1 Å². The molecule has 0 atom stereocenters. The first-order valence-corrected chi connectivity index (χ1v) is 10.4. The highest BCUT2D eigenvalue weighted by atomic mass is 32.2. The molecule has 0 aromatic heterocycles. The maximum atomic E-state index is 12.6. The summed E-state index contributed by atoms with van der Waals surface area (Å²) < 4.78 is 32.7. The highest BCUT2D eigenvalue weighted by Crippen LogP contribution is 2.23. The molecule has 8 heteroatoms. The van der Waals surface area contributed by atoms with Crippen molar-refractivity contribution in [3.8, 4) is 11.8 Å². The Morgan fingerprint density at radius 2 is 1.70 bits per heavy atom. The minimum Gasteiger partial charge on any atom is -0.507 e. The topological polar surface area (TPSA) is 116 Å². The summed E-state index contributed by atoms with van der Waals surface area (Å²) in [6.07, 6.45) is 0. The summed E-state index contributed by atoms with van der Waals surface area (Å²) >= 11 is 0. The number of benzene rings is 3. The van der Waals surface area contributed by atoms with Crippen LogP contribution in [-0.2, 0) is 27.9 Å². The highest BCUT2D eigenvalue weighted by Gasteiger charge is 2.20. The van der Waals surface area contributed by atoms with Gasteiger partial charge in [0, 0.05) is 6.54 Å². The Labute approximate surface area is 174 Å². The zero-order chi connectivity index (χ0) is 21.6. The van der Waals surface area contributed by atoms with E-state index in [1.54, 1.807) is 48.5 Å². The summed E-state index contributed by atoms with van der Waals surface area (Å²) in [5.74, 6) is -1.25. The molecule has 0 fully saturated rings. The Morgan fingerprint density at radius 1 is 1.00 bits per heavy atom. The van der Waals surface area contributed by atoms with Gasteiger partial charge in [-0.3, -0.25) is 0 Å². The van der Waals surface area contributed by atoms with Gasteiger partial charge in [-0.25, -0.2) is 17.9 Å². The fourth-order valence-electron chi connectivity index (χ4n) is 2.61. The predicted molar refractivity (Wildman–Crippen MR) is 109 cm³/mol. The molecular formula is C22H18N2O5S. The molecule has 3 aromatic carbocycles. The van der Waals surface area contributed by atoms with E-state index in [0.717, 1.165) is 17.7 Å². The number of ether oxygens (including phenoxy) is 1. The number of sulfonamides is 1. The minimum absolute atomic E-state index is 0.0858. The van der Waals surface area contributed by atoms with E-state index in [9.17, 15) is 18.3 Å². The van der Waals surface area contributed by atoms with Gasteiger partial charge in [0.25, 0.3) is 0 Å². The first-order valence-electron chi connectivity index (χ1n) is 8.92. The number of hydrogen-bond acceptors (Lipinski definition) is 6. The third-order valence-corrected chi connectivity index (χ3v) is 5.66. The van der Waals surface area contributed by atoms with Crippen LogP contribution in [0.1, 0.15) is 27.0 Å². The lowest BCUT2D eigenvalue weighted by molar-refractivity contribution is 0.0469. The second-order valence-corrected chi connectivity index (χ2v) is 8.14. The number of carbonyl (C=O) groups is 1. The summed E-state index contributed by atoms with van der Waals surface area (Å²) in [5, 5.41) is 18.8. The lowest BCUT2D eigenvalue weighted by Crippen LogP contribution is -2.23. The van der Waals surface area contributed by atoms with Crippen LogP contribution in [0, 0.1) is 11.3 Å². The number of nitrogens with one attached hydrogen (secondary N) is 1. The molecule has 0 saturated heterocycles. The number of nitriles is 1. The predicted octanol–water partition coefficient (Wildman–Crippen LogP) is 3.10. The van der Waals surface area contributed by atoms with Gasteiger partial charge in [-0.2, -0.15) is 5.26 Å². The molecule has 0 saturated carbocycles. The van der Waals surface area contributed by atoms with Gasteiger partial charge in [0.2, 0.25) is 10.0 Å². The van der Waals surface area contributed by atoms with E-state index >= 15 is 0 Å². The van der Waals surface area contributed by atoms with Crippen molar-refractivity contribution in [1.29, 1.82) is 5.26 Å². The highest BCUT2D eigenvalue weighted by molar-refractivity contribution is 7.89. The van der Waals surface area contributed by atoms with Gasteiger partial charge in [-0.1, -0.05) is 42.5 Å². The fourth-order valence-corrected chi connectivity index (χ4v) is 3.65. The zero-order valence-corrected chi connectivity index (χ0v) is 16.6. The van der Waals surface area contributed by atoms with Gasteiger partial charge in [-0.05, 0) is 41.5 Å². The van der Waals surface area contributed by atoms with Crippen molar-refractivity contribution < 1.29 is 23.1 Å². The van der Waals surface area contributed by atoms with Gasteiger partial charge in [0.1, 0.15) is 17.9 Å². The number of esters is 1. The molecule has 0 radical (unpaired) electrons. The second-order valence-electron chi connectivity index (χ2n) is 6.37. The molecule has 2 N–H and O–H groups in total. The lowest BCUT2D eigenvalue weighted by atomic mass is 10.1. The monoisotopic (exact) mass is 422 g/mol. The van der Waals surface area contributed by atoms with Crippen LogP contribution in [-0.4, -0.2) is 19.5 Å². The van der Waals surface area contributed by atoms with Gasteiger partial charge in [0.15, 0.2) is 0 Å². The van der Waals surface area contributed by atoms with Crippen molar-refractivity contribution in [3.63, 3.8) is 0 Å². The number of phenolic OH excluding ortho intramolecular Hbond substituents is 1. The summed E-state index contributed by atoms with van der Waals surface area (Å²) in [6, 6.07) is 20.9. The summed E-state index contributed by atoms with van der Waals surface area (Å²) in [6.45, 7) is -0.00423. The number of rotatable bonds is 7. The van der Waals surface area contributed by atoms with Crippen LogP contribution >= 0.6 is 0 Å². The average Bonchev–Trinajstić information content (AvgIpc) is 2.77. The molecule has 0 spiro atoms. The van der Waals surface area contributed by atoms with E-state index < -0.39 is 16.0 Å². The van der Waals surface area contributed by atoms with E-state index in [4.69, 9.17) is 10.00 Å². The molecule has 3 rings (SSSR count). The second kappa shape index (κ2) is 9.22. The number of aromatic hydroxyl groups is 1. The first kappa shape index (κ1) is 21.0. The molecule has 0 heterocycles. The van der Waals surface area contributed by atoms with Crippen LogP contribution in [0.4, 0.5) is 0 Å². The number of nitrogens with zero attached hydrogens (tertiary/aromatic N) is 1. The molecule has 0 amide bonds.